The van der Waals surface area contributed by atoms with Crippen LogP contribution in [0.15, 0.2) is 45.7 Å². The predicted octanol–water partition coefficient (Wildman–Crippen LogP) is 1.23. The molecule has 0 aliphatic rings. The Bertz CT molecular complexity index is 785. The number of sulfone groups is 1. The first kappa shape index (κ1) is 13.7. The molecule has 0 saturated heterocycles. The van der Waals surface area contributed by atoms with Gasteiger partial charge in [-0.05, 0) is 18.2 Å². The van der Waals surface area contributed by atoms with Crippen molar-refractivity contribution >= 4 is 27.1 Å². The Labute approximate surface area is 114 Å². The first-order chi connectivity index (χ1) is 8.88. The lowest BCUT2D eigenvalue weighted by molar-refractivity contribution is 0.0997. The van der Waals surface area contributed by atoms with Crippen LogP contribution in [0.5, 0.6) is 0 Å². The van der Waals surface area contributed by atoms with E-state index in [1.54, 1.807) is 23.9 Å². The first-order valence-electron chi connectivity index (χ1n) is 5.37. The maximum atomic E-state index is 12.0. The number of benzene rings is 1. The summed E-state index contributed by atoms with van der Waals surface area (Å²) in [4.78, 5) is 16.6. The van der Waals surface area contributed by atoms with Crippen LogP contribution in [0.2, 0.25) is 0 Å². The number of aromatic nitrogens is 1. The van der Waals surface area contributed by atoms with E-state index >= 15 is 0 Å². The van der Waals surface area contributed by atoms with Gasteiger partial charge in [-0.25, -0.2) is 8.42 Å². The maximum absolute atomic E-state index is 12.0. The van der Waals surface area contributed by atoms with Crippen LogP contribution in [0.25, 0.3) is 0 Å². The summed E-state index contributed by atoms with van der Waals surface area (Å²) in [5.74, 6) is -0.455. The summed E-state index contributed by atoms with van der Waals surface area (Å²) in [5, 5.41) is 1.82. The van der Waals surface area contributed by atoms with Crippen molar-refractivity contribution in [3.05, 3.63) is 46.2 Å². The second-order valence-electron chi connectivity index (χ2n) is 4.01. The monoisotopic (exact) mass is 296 g/mol. The summed E-state index contributed by atoms with van der Waals surface area (Å²) < 4.78 is 24.6. The number of hydrogen-bond donors (Lipinski definition) is 0. The normalized spacial score (nSPS) is 12.6. The van der Waals surface area contributed by atoms with E-state index < -0.39 is 15.7 Å². The molecule has 0 bridgehead atoms. The Morgan fingerprint density at radius 3 is 2.68 bits per heavy atom. The molecule has 1 heterocycles. The fourth-order valence-corrected chi connectivity index (χ4v) is 2.84. The van der Waals surface area contributed by atoms with Crippen LogP contribution >= 0.6 is 11.3 Å². The van der Waals surface area contributed by atoms with Gasteiger partial charge in [0.15, 0.2) is 14.6 Å². The minimum absolute atomic E-state index is 0.115. The Kier molecular flexibility index (Phi) is 3.68. The third kappa shape index (κ3) is 3.18. The lowest BCUT2D eigenvalue weighted by Crippen LogP contribution is -2.12. The Morgan fingerprint density at radius 2 is 2.11 bits per heavy atom. The van der Waals surface area contributed by atoms with E-state index in [4.69, 9.17) is 0 Å². The molecule has 1 aromatic carbocycles. The van der Waals surface area contributed by atoms with E-state index in [0.29, 0.717) is 4.80 Å². The molecule has 0 N–H and O–H groups in total. The molecule has 0 aliphatic heterocycles. The predicted molar refractivity (Wildman–Crippen MR) is 72.7 cm³/mol. The molecule has 19 heavy (non-hydrogen) atoms. The van der Waals surface area contributed by atoms with Crippen molar-refractivity contribution in [3.63, 3.8) is 0 Å². The zero-order valence-corrected chi connectivity index (χ0v) is 12.0. The van der Waals surface area contributed by atoms with Gasteiger partial charge in [-0.2, -0.15) is 4.99 Å². The van der Waals surface area contributed by atoms with E-state index in [-0.39, 0.29) is 10.5 Å². The fraction of sp³-hybridized carbons (Fsp3) is 0.167. The van der Waals surface area contributed by atoms with Crippen molar-refractivity contribution in [2.45, 2.75) is 4.90 Å². The smallest absolute Gasteiger partial charge is 0.279 e. The van der Waals surface area contributed by atoms with E-state index in [2.05, 4.69) is 4.99 Å². The van der Waals surface area contributed by atoms with Gasteiger partial charge in [-0.15, -0.1) is 11.3 Å². The van der Waals surface area contributed by atoms with Gasteiger partial charge in [0, 0.05) is 30.4 Å². The number of hydrogen-bond acceptors (Lipinski definition) is 4. The van der Waals surface area contributed by atoms with Crippen LogP contribution in [0.4, 0.5) is 0 Å². The molecule has 1 amide bonds. The summed E-state index contributed by atoms with van der Waals surface area (Å²) in [6.07, 6.45) is 2.90. The van der Waals surface area contributed by atoms with Crippen molar-refractivity contribution in [2.75, 3.05) is 6.26 Å². The average molecular weight is 296 g/mol. The lowest BCUT2D eigenvalue weighted by Gasteiger charge is -2.00. The Balaban J connectivity index is 2.44. The Hall–Kier alpha value is -1.73. The fourth-order valence-electron chi connectivity index (χ4n) is 1.45. The standard InChI is InChI=1S/C12H12N2O3S2/c1-14-6-7-18-12(14)13-11(15)9-4-3-5-10(8-9)19(2,16)17/h3-8H,1-2H3. The van der Waals surface area contributed by atoms with E-state index in [0.717, 1.165) is 6.26 Å². The van der Waals surface area contributed by atoms with E-state index in [1.165, 1.54) is 29.5 Å². The molecule has 0 unspecified atom stereocenters. The molecule has 0 saturated carbocycles. The van der Waals surface area contributed by atoms with Gasteiger partial charge >= 0.3 is 0 Å². The van der Waals surface area contributed by atoms with Crippen molar-refractivity contribution in [3.8, 4) is 0 Å². The van der Waals surface area contributed by atoms with Crippen LogP contribution in [0.1, 0.15) is 10.4 Å². The zero-order valence-electron chi connectivity index (χ0n) is 10.4. The number of amides is 1. The third-order valence-electron chi connectivity index (χ3n) is 2.47. The zero-order chi connectivity index (χ0) is 14.0. The van der Waals surface area contributed by atoms with Crippen molar-refractivity contribution in [1.29, 1.82) is 0 Å². The molecule has 5 nitrogen and oxygen atoms in total. The second-order valence-corrected chi connectivity index (χ2v) is 6.90. The SMILES string of the molecule is Cn1ccsc1=NC(=O)c1cccc(S(C)(=O)=O)c1. The molecular weight excluding hydrogens is 284 g/mol. The summed E-state index contributed by atoms with van der Waals surface area (Å²) in [5.41, 5.74) is 0.260. The van der Waals surface area contributed by atoms with E-state index in [1.807, 2.05) is 5.38 Å². The molecule has 0 radical (unpaired) electrons. The van der Waals surface area contributed by atoms with Crippen LogP contribution in [-0.4, -0.2) is 25.1 Å². The average Bonchev–Trinajstić information content (AvgIpc) is 2.74. The summed E-state index contributed by atoms with van der Waals surface area (Å²) in [7, 11) is -1.54. The largest absolute Gasteiger partial charge is 0.327 e. The van der Waals surface area contributed by atoms with Crippen LogP contribution < -0.4 is 4.80 Å². The number of nitrogens with zero attached hydrogens (tertiary/aromatic N) is 2. The highest BCUT2D eigenvalue weighted by atomic mass is 32.2. The molecule has 0 fully saturated rings. The van der Waals surface area contributed by atoms with Gasteiger partial charge in [-0.3, -0.25) is 4.79 Å². The highest BCUT2D eigenvalue weighted by Crippen LogP contribution is 2.12. The topological polar surface area (TPSA) is 68.5 Å². The van der Waals surface area contributed by atoms with Gasteiger partial charge < -0.3 is 4.57 Å². The number of thiazole rings is 1. The molecule has 100 valence electrons. The van der Waals surface area contributed by atoms with Crippen LogP contribution in [-0.2, 0) is 16.9 Å². The maximum Gasteiger partial charge on any atom is 0.279 e. The molecule has 2 aromatic rings. The third-order valence-corrected chi connectivity index (χ3v) is 4.42. The highest BCUT2D eigenvalue weighted by Gasteiger charge is 2.11. The molecule has 0 atom stereocenters. The van der Waals surface area contributed by atoms with E-state index in [9.17, 15) is 13.2 Å². The summed E-state index contributed by atoms with van der Waals surface area (Å²) in [6, 6.07) is 5.88. The van der Waals surface area contributed by atoms with Crippen LogP contribution in [0.3, 0.4) is 0 Å². The van der Waals surface area contributed by atoms with Crippen molar-refractivity contribution in [1.82, 2.24) is 4.57 Å². The molecule has 2 rings (SSSR count). The van der Waals surface area contributed by atoms with Crippen molar-refractivity contribution < 1.29 is 13.2 Å². The molecular formula is C12H12N2O3S2. The number of aryl methyl sites for hydroxylation is 1. The summed E-state index contributed by atoms with van der Waals surface area (Å²) in [6.45, 7) is 0. The molecule has 0 spiro atoms. The van der Waals surface area contributed by atoms with Gasteiger partial charge in [0.1, 0.15) is 0 Å². The number of carbonyl (C=O) groups is 1. The van der Waals surface area contributed by atoms with Crippen molar-refractivity contribution in [2.24, 2.45) is 12.0 Å². The highest BCUT2D eigenvalue weighted by molar-refractivity contribution is 7.90. The van der Waals surface area contributed by atoms with Gasteiger partial charge in [0.05, 0.1) is 4.90 Å². The summed E-state index contributed by atoms with van der Waals surface area (Å²) >= 11 is 1.34. The molecule has 1 aromatic heterocycles. The van der Waals surface area contributed by atoms with Crippen LogP contribution in [0, 0.1) is 0 Å². The minimum Gasteiger partial charge on any atom is -0.327 e. The van der Waals surface area contributed by atoms with Gasteiger partial charge in [-0.1, -0.05) is 6.07 Å². The molecule has 7 heteroatoms. The van der Waals surface area contributed by atoms with Gasteiger partial charge in [0.2, 0.25) is 0 Å². The molecule has 0 aliphatic carbocycles. The number of carbonyl (C=O) groups excluding carboxylic acids is 1. The lowest BCUT2D eigenvalue weighted by atomic mass is 10.2. The number of rotatable bonds is 2. The Morgan fingerprint density at radius 1 is 1.37 bits per heavy atom. The van der Waals surface area contributed by atoms with Gasteiger partial charge in [0.25, 0.3) is 5.91 Å². The minimum atomic E-state index is -3.33. The quantitative estimate of drug-likeness (QED) is 0.837. The second kappa shape index (κ2) is 5.10. The first-order valence-corrected chi connectivity index (χ1v) is 8.14.